The van der Waals surface area contributed by atoms with E-state index in [4.69, 9.17) is 20.9 Å². The SMILES string of the molecule is CC1CN(C(=O)CCc2nc(-c3ccc(Cl)cc3)no2)CC(C)O1. The van der Waals surface area contributed by atoms with Gasteiger partial charge in [-0.05, 0) is 38.1 Å². The highest BCUT2D eigenvalue weighted by molar-refractivity contribution is 6.30. The number of benzene rings is 1. The van der Waals surface area contributed by atoms with Gasteiger partial charge in [-0.2, -0.15) is 4.98 Å². The monoisotopic (exact) mass is 349 g/mol. The van der Waals surface area contributed by atoms with Crippen LogP contribution in [0, 0.1) is 0 Å². The number of carbonyl (C=O) groups excluding carboxylic acids is 1. The van der Waals surface area contributed by atoms with Gasteiger partial charge in [0.1, 0.15) is 0 Å². The normalized spacial score (nSPS) is 21.0. The Bertz CT molecular complexity index is 691. The van der Waals surface area contributed by atoms with Crippen LogP contribution in [0.2, 0.25) is 5.02 Å². The zero-order valence-corrected chi connectivity index (χ0v) is 14.5. The minimum atomic E-state index is 0.0672. The van der Waals surface area contributed by atoms with Gasteiger partial charge in [-0.15, -0.1) is 0 Å². The fourth-order valence-corrected chi connectivity index (χ4v) is 2.95. The van der Waals surface area contributed by atoms with Gasteiger partial charge in [0.15, 0.2) is 0 Å². The Hall–Kier alpha value is -1.92. The minimum absolute atomic E-state index is 0.0672. The van der Waals surface area contributed by atoms with Gasteiger partial charge in [0.05, 0.1) is 12.2 Å². The van der Waals surface area contributed by atoms with Crippen LogP contribution in [0.3, 0.4) is 0 Å². The van der Waals surface area contributed by atoms with E-state index in [1.54, 1.807) is 12.1 Å². The maximum absolute atomic E-state index is 12.3. The molecule has 0 spiro atoms. The van der Waals surface area contributed by atoms with E-state index in [2.05, 4.69) is 10.1 Å². The average Bonchev–Trinajstić information content (AvgIpc) is 3.01. The van der Waals surface area contributed by atoms with Crippen molar-refractivity contribution in [2.45, 2.75) is 38.9 Å². The second-order valence-corrected chi connectivity index (χ2v) is 6.51. The number of morpholine rings is 1. The summed E-state index contributed by atoms with van der Waals surface area (Å²) in [6, 6.07) is 7.21. The van der Waals surface area contributed by atoms with Crippen LogP contribution in [0.5, 0.6) is 0 Å². The lowest BCUT2D eigenvalue weighted by Gasteiger charge is -2.35. The summed E-state index contributed by atoms with van der Waals surface area (Å²) in [6.07, 6.45) is 0.913. The van der Waals surface area contributed by atoms with Crippen molar-refractivity contribution in [3.63, 3.8) is 0 Å². The number of hydrogen-bond donors (Lipinski definition) is 0. The number of aryl methyl sites for hydroxylation is 1. The van der Waals surface area contributed by atoms with Crippen LogP contribution in [-0.4, -0.2) is 46.2 Å². The highest BCUT2D eigenvalue weighted by Gasteiger charge is 2.25. The van der Waals surface area contributed by atoms with E-state index in [1.165, 1.54) is 0 Å². The number of halogens is 1. The Balaban J connectivity index is 1.57. The summed E-state index contributed by atoms with van der Waals surface area (Å²) in [5.41, 5.74) is 0.830. The molecule has 7 heteroatoms. The van der Waals surface area contributed by atoms with E-state index < -0.39 is 0 Å². The third-order valence-corrected chi connectivity index (χ3v) is 4.15. The molecule has 6 nitrogen and oxygen atoms in total. The third-order valence-electron chi connectivity index (χ3n) is 3.90. The maximum atomic E-state index is 12.3. The summed E-state index contributed by atoms with van der Waals surface area (Å²) in [5, 5.41) is 4.61. The highest BCUT2D eigenvalue weighted by atomic mass is 35.5. The van der Waals surface area contributed by atoms with E-state index in [9.17, 15) is 4.79 Å². The van der Waals surface area contributed by atoms with E-state index >= 15 is 0 Å². The summed E-state index contributed by atoms with van der Waals surface area (Å²) in [6.45, 7) is 5.21. The Kier molecular flexibility index (Phi) is 5.16. The quantitative estimate of drug-likeness (QED) is 0.848. The number of rotatable bonds is 4. The molecule has 0 radical (unpaired) electrons. The van der Waals surface area contributed by atoms with Crippen LogP contribution in [0.1, 0.15) is 26.2 Å². The van der Waals surface area contributed by atoms with Crippen molar-refractivity contribution in [3.8, 4) is 11.4 Å². The second kappa shape index (κ2) is 7.32. The van der Waals surface area contributed by atoms with Crippen LogP contribution in [0.4, 0.5) is 0 Å². The molecule has 3 rings (SSSR count). The van der Waals surface area contributed by atoms with E-state index in [-0.39, 0.29) is 18.1 Å². The predicted octanol–water partition coefficient (Wildman–Crippen LogP) is 2.96. The molecule has 2 heterocycles. The summed E-state index contributed by atoms with van der Waals surface area (Å²) in [7, 11) is 0. The van der Waals surface area contributed by atoms with Gasteiger partial charge in [-0.25, -0.2) is 0 Å². The van der Waals surface area contributed by atoms with Crippen molar-refractivity contribution in [2.75, 3.05) is 13.1 Å². The molecule has 1 fully saturated rings. The van der Waals surface area contributed by atoms with Crippen molar-refractivity contribution in [1.82, 2.24) is 15.0 Å². The summed E-state index contributed by atoms with van der Waals surface area (Å²) in [5.74, 6) is 1.05. The lowest BCUT2D eigenvalue weighted by Crippen LogP contribution is -2.48. The molecule has 0 bridgehead atoms. The molecule has 1 aliphatic heterocycles. The van der Waals surface area contributed by atoms with Gasteiger partial charge < -0.3 is 14.2 Å². The lowest BCUT2D eigenvalue weighted by atomic mass is 10.2. The minimum Gasteiger partial charge on any atom is -0.372 e. The molecule has 0 saturated carbocycles. The molecule has 2 aromatic rings. The molecule has 1 saturated heterocycles. The fraction of sp³-hybridized carbons (Fsp3) is 0.471. The molecule has 1 amide bonds. The second-order valence-electron chi connectivity index (χ2n) is 6.07. The molecule has 128 valence electrons. The van der Waals surface area contributed by atoms with Crippen LogP contribution >= 0.6 is 11.6 Å². The first kappa shape index (κ1) is 16.9. The first-order valence-corrected chi connectivity index (χ1v) is 8.41. The molecular formula is C17H20ClN3O3. The van der Waals surface area contributed by atoms with Crippen molar-refractivity contribution < 1.29 is 14.1 Å². The highest BCUT2D eigenvalue weighted by Crippen LogP contribution is 2.19. The Morgan fingerprint density at radius 2 is 1.92 bits per heavy atom. The van der Waals surface area contributed by atoms with Gasteiger partial charge in [0.2, 0.25) is 17.6 Å². The molecule has 0 aliphatic carbocycles. The Morgan fingerprint density at radius 1 is 1.25 bits per heavy atom. The largest absolute Gasteiger partial charge is 0.372 e. The Labute approximate surface area is 145 Å². The summed E-state index contributed by atoms with van der Waals surface area (Å²) in [4.78, 5) is 18.5. The molecule has 1 aliphatic rings. The number of aromatic nitrogens is 2. The van der Waals surface area contributed by atoms with E-state index in [0.717, 1.165) is 5.56 Å². The van der Waals surface area contributed by atoms with Crippen molar-refractivity contribution in [1.29, 1.82) is 0 Å². The molecule has 1 aromatic heterocycles. The molecule has 2 atom stereocenters. The molecule has 2 unspecified atom stereocenters. The van der Waals surface area contributed by atoms with Crippen molar-refractivity contribution in [3.05, 3.63) is 35.2 Å². The topological polar surface area (TPSA) is 68.5 Å². The molecule has 1 aromatic carbocycles. The van der Waals surface area contributed by atoms with Gasteiger partial charge in [0, 0.05) is 36.5 Å². The maximum Gasteiger partial charge on any atom is 0.227 e. The van der Waals surface area contributed by atoms with Crippen LogP contribution < -0.4 is 0 Å². The van der Waals surface area contributed by atoms with Crippen molar-refractivity contribution in [2.24, 2.45) is 0 Å². The lowest BCUT2D eigenvalue weighted by molar-refractivity contribution is -0.143. The zero-order chi connectivity index (χ0) is 17.1. The number of nitrogens with zero attached hydrogens (tertiary/aromatic N) is 3. The third kappa shape index (κ3) is 4.13. The number of carbonyl (C=O) groups is 1. The Morgan fingerprint density at radius 3 is 2.58 bits per heavy atom. The first-order valence-electron chi connectivity index (χ1n) is 8.03. The first-order chi connectivity index (χ1) is 11.5. The van der Waals surface area contributed by atoms with Gasteiger partial charge in [-0.3, -0.25) is 4.79 Å². The number of hydrogen-bond acceptors (Lipinski definition) is 5. The van der Waals surface area contributed by atoms with Gasteiger partial charge in [0.25, 0.3) is 0 Å². The molecule has 0 N–H and O–H groups in total. The zero-order valence-electron chi connectivity index (χ0n) is 13.7. The van der Waals surface area contributed by atoms with Gasteiger partial charge >= 0.3 is 0 Å². The van der Waals surface area contributed by atoms with Crippen molar-refractivity contribution >= 4 is 17.5 Å². The predicted molar refractivity (Wildman–Crippen MR) is 89.7 cm³/mol. The number of amides is 1. The van der Waals surface area contributed by atoms with E-state index in [1.807, 2.05) is 30.9 Å². The molecular weight excluding hydrogens is 330 g/mol. The summed E-state index contributed by atoms with van der Waals surface area (Å²) >= 11 is 5.87. The fourth-order valence-electron chi connectivity index (χ4n) is 2.83. The smallest absolute Gasteiger partial charge is 0.227 e. The van der Waals surface area contributed by atoms with E-state index in [0.29, 0.717) is 42.7 Å². The van der Waals surface area contributed by atoms with Crippen LogP contribution in [0.15, 0.2) is 28.8 Å². The summed E-state index contributed by atoms with van der Waals surface area (Å²) < 4.78 is 10.9. The molecule has 24 heavy (non-hydrogen) atoms. The number of ether oxygens (including phenoxy) is 1. The van der Waals surface area contributed by atoms with Crippen LogP contribution in [-0.2, 0) is 16.0 Å². The van der Waals surface area contributed by atoms with Gasteiger partial charge in [-0.1, -0.05) is 16.8 Å². The van der Waals surface area contributed by atoms with Crippen LogP contribution in [0.25, 0.3) is 11.4 Å². The average molecular weight is 350 g/mol. The standard InChI is InChI=1S/C17H20ClN3O3/c1-11-9-21(10-12(2)23-11)16(22)8-7-15-19-17(20-24-15)13-3-5-14(18)6-4-13/h3-6,11-12H,7-10H2,1-2H3.